The number of carbonyl (C=O) groups excluding carboxylic acids is 3. The number of esters is 1. The van der Waals surface area contributed by atoms with Crippen LogP contribution in [0.1, 0.15) is 20.3 Å². The smallest absolute Gasteiger partial charge is 0.312 e. The van der Waals surface area contributed by atoms with E-state index in [9.17, 15) is 14.4 Å². The fraction of sp³-hybridized carbons (Fsp3) is 0.348. The molecule has 0 aromatic heterocycles. The third kappa shape index (κ3) is 5.58. The van der Waals surface area contributed by atoms with E-state index in [-0.39, 0.29) is 18.9 Å². The van der Waals surface area contributed by atoms with E-state index in [0.29, 0.717) is 18.0 Å². The Balaban J connectivity index is 1.57. The molecule has 0 radical (unpaired) electrons. The minimum absolute atomic E-state index is 0.0513. The molecule has 2 aromatic rings. The minimum atomic E-state index is -0.975. The van der Waals surface area contributed by atoms with Crippen molar-refractivity contribution in [2.75, 3.05) is 29.6 Å². The fourth-order valence-corrected chi connectivity index (χ4v) is 3.86. The molecular weight excluding hydrogens is 416 g/mol. The Morgan fingerprint density at radius 2 is 1.90 bits per heavy atom. The molecule has 1 saturated heterocycles. The number of thioether (sulfide) groups is 1. The van der Waals surface area contributed by atoms with Crippen LogP contribution in [0.3, 0.4) is 0 Å². The average Bonchev–Trinajstić information content (AvgIpc) is 3.16. The van der Waals surface area contributed by atoms with Gasteiger partial charge in [0.1, 0.15) is 5.75 Å². The topological polar surface area (TPSA) is 84.9 Å². The van der Waals surface area contributed by atoms with Crippen LogP contribution in [0.5, 0.6) is 5.75 Å². The predicted octanol–water partition coefficient (Wildman–Crippen LogP) is 3.73. The Bertz CT molecular complexity index is 947. The maximum absolute atomic E-state index is 12.6. The number of carbonyl (C=O) groups is 3. The van der Waals surface area contributed by atoms with E-state index in [0.717, 1.165) is 10.6 Å². The molecule has 1 aliphatic rings. The van der Waals surface area contributed by atoms with Gasteiger partial charge >= 0.3 is 5.97 Å². The van der Waals surface area contributed by atoms with Crippen molar-refractivity contribution in [3.63, 3.8) is 0 Å². The van der Waals surface area contributed by atoms with Gasteiger partial charge in [-0.25, -0.2) is 0 Å². The molecule has 3 rings (SSSR count). The first-order valence-corrected chi connectivity index (χ1v) is 11.3. The van der Waals surface area contributed by atoms with E-state index in [1.54, 1.807) is 35.2 Å². The Labute approximate surface area is 186 Å². The molecule has 1 aliphatic heterocycles. The summed E-state index contributed by atoms with van der Waals surface area (Å²) in [7, 11) is 0. The lowest BCUT2D eigenvalue weighted by Gasteiger charge is -2.18. The third-order valence-corrected chi connectivity index (χ3v) is 5.74. The third-order valence-electron chi connectivity index (χ3n) is 4.94. The molecular formula is C23H26N2O5S. The SMILES string of the molecule is CCOc1ccc(N2C[C@@H](C(=O)O[C@H](C)C(=O)Nc3ccccc3SC)CC2=O)cc1. The van der Waals surface area contributed by atoms with Gasteiger partial charge in [-0.1, -0.05) is 12.1 Å². The van der Waals surface area contributed by atoms with Crippen molar-refractivity contribution in [2.45, 2.75) is 31.3 Å². The second kappa shape index (κ2) is 10.3. The van der Waals surface area contributed by atoms with E-state index < -0.39 is 23.9 Å². The van der Waals surface area contributed by atoms with Crippen LogP contribution in [0.25, 0.3) is 0 Å². The van der Waals surface area contributed by atoms with Crippen molar-refractivity contribution in [1.29, 1.82) is 0 Å². The quantitative estimate of drug-likeness (QED) is 0.495. The first-order chi connectivity index (χ1) is 14.9. The molecule has 7 nitrogen and oxygen atoms in total. The summed E-state index contributed by atoms with van der Waals surface area (Å²) >= 11 is 1.51. The Morgan fingerprint density at radius 1 is 1.19 bits per heavy atom. The van der Waals surface area contributed by atoms with E-state index in [4.69, 9.17) is 9.47 Å². The number of rotatable bonds is 8. The van der Waals surface area contributed by atoms with E-state index in [1.807, 2.05) is 31.4 Å². The van der Waals surface area contributed by atoms with Crippen LogP contribution in [0.2, 0.25) is 0 Å². The van der Waals surface area contributed by atoms with Crippen LogP contribution in [0, 0.1) is 5.92 Å². The van der Waals surface area contributed by atoms with Crippen molar-refractivity contribution in [1.82, 2.24) is 0 Å². The second-order valence-electron chi connectivity index (χ2n) is 7.10. The first kappa shape index (κ1) is 22.7. The van der Waals surface area contributed by atoms with Crippen LogP contribution < -0.4 is 15.0 Å². The summed E-state index contributed by atoms with van der Waals surface area (Å²) in [5, 5.41) is 2.79. The van der Waals surface area contributed by atoms with Gasteiger partial charge in [-0.15, -0.1) is 11.8 Å². The number of ether oxygens (including phenoxy) is 2. The number of benzene rings is 2. The van der Waals surface area contributed by atoms with Crippen LogP contribution >= 0.6 is 11.8 Å². The summed E-state index contributed by atoms with van der Waals surface area (Å²) < 4.78 is 10.8. The molecule has 2 amide bonds. The molecule has 1 N–H and O–H groups in total. The number of nitrogens with zero attached hydrogens (tertiary/aromatic N) is 1. The molecule has 0 unspecified atom stereocenters. The molecule has 31 heavy (non-hydrogen) atoms. The van der Waals surface area contributed by atoms with E-state index in [2.05, 4.69) is 5.32 Å². The van der Waals surface area contributed by atoms with Crippen LogP contribution in [0.4, 0.5) is 11.4 Å². The highest BCUT2D eigenvalue weighted by atomic mass is 32.2. The Kier molecular flexibility index (Phi) is 7.57. The lowest BCUT2D eigenvalue weighted by molar-refractivity contribution is -0.157. The zero-order chi connectivity index (χ0) is 22.4. The maximum Gasteiger partial charge on any atom is 0.312 e. The zero-order valence-electron chi connectivity index (χ0n) is 17.8. The lowest BCUT2D eigenvalue weighted by Crippen LogP contribution is -2.33. The van der Waals surface area contributed by atoms with Crippen molar-refractivity contribution in [2.24, 2.45) is 5.92 Å². The first-order valence-electron chi connectivity index (χ1n) is 10.1. The molecule has 1 heterocycles. The van der Waals surface area contributed by atoms with Gasteiger partial charge in [-0.2, -0.15) is 0 Å². The molecule has 0 saturated carbocycles. The van der Waals surface area contributed by atoms with Gasteiger partial charge < -0.3 is 19.7 Å². The highest BCUT2D eigenvalue weighted by Crippen LogP contribution is 2.28. The van der Waals surface area contributed by atoms with E-state index in [1.165, 1.54) is 18.7 Å². The molecule has 164 valence electrons. The monoisotopic (exact) mass is 442 g/mol. The summed E-state index contributed by atoms with van der Waals surface area (Å²) in [4.78, 5) is 40.0. The van der Waals surface area contributed by atoms with Gasteiger partial charge in [-0.3, -0.25) is 14.4 Å². The molecule has 0 bridgehead atoms. The van der Waals surface area contributed by atoms with Crippen LogP contribution in [-0.4, -0.2) is 43.3 Å². The summed E-state index contributed by atoms with van der Waals surface area (Å²) in [5.41, 5.74) is 1.36. The Morgan fingerprint density at radius 3 is 2.58 bits per heavy atom. The summed E-state index contributed by atoms with van der Waals surface area (Å²) in [6.45, 7) is 4.20. The summed E-state index contributed by atoms with van der Waals surface area (Å²) in [6.07, 6.45) is 0.995. The predicted molar refractivity (Wildman–Crippen MR) is 120 cm³/mol. The summed E-state index contributed by atoms with van der Waals surface area (Å²) in [6, 6.07) is 14.6. The van der Waals surface area contributed by atoms with Gasteiger partial charge in [0.2, 0.25) is 5.91 Å². The number of anilines is 2. The molecule has 8 heteroatoms. The van der Waals surface area contributed by atoms with Gasteiger partial charge in [0.25, 0.3) is 5.91 Å². The highest BCUT2D eigenvalue weighted by molar-refractivity contribution is 7.98. The van der Waals surface area contributed by atoms with Crippen LogP contribution in [0.15, 0.2) is 53.4 Å². The van der Waals surface area contributed by atoms with Gasteiger partial charge in [-0.05, 0) is 56.5 Å². The Hall–Kier alpha value is -3.00. The van der Waals surface area contributed by atoms with Gasteiger partial charge in [0.15, 0.2) is 6.10 Å². The normalized spacial score (nSPS) is 16.7. The average molecular weight is 443 g/mol. The molecule has 0 spiro atoms. The maximum atomic E-state index is 12.6. The standard InChI is InChI=1S/C23H26N2O5S/c1-4-29-18-11-9-17(10-12-18)25-14-16(13-21(25)26)23(28)30-15(2)22(27)24-19-7-5-6-8-20(19)31-3/h5-12,15-16H,4,13-14H2,1-3H3,(H,24,27)/t15-,16+/m1/s1. The molecule has 1 fully saturated rings. The molecule has 0 aliphatic carbocycles. The van der Waals surface area contributed by atoms with Crippen molar-refractivity contribution >= 4 is 40.9 Å². The van der Waals surface area contributed by atoms with Crippen molar-refractivity contribution in [3.05, 3.63) is 48.5 Å². The van der Waals surface area contributed by atoms with Crippen molar-refractivity contribution in [3.8, 4) is 5.75 Å². The largest absolute Gasteiger partial charge is 0.494 e. The second-order valence-corrected chi connectivity index (χ2v) is 7.95. The zero-order valence-corrected chi connectivity index (χ0v) is 18.6. The fourth-order valence-electron chi connectivity index (χ4n) is 3.31. The number of para-hydroxylation sites is 1. The minimum Gasteiger partial charge on any atom is -0.494 e. The van der Waals surface area contributed by atoms with Gasteiger partial charge in [0, 0.05) is 23.5 Å². The summed E-state index contributed by atoms with van der Waals surface area (Å²) in [5.74, 6) is -1.02. The highest BCUT2D eigenvalue weighted by Gasteiger charge is 2.37. The number of hydrogen-bond acceptors (Lipinski definition) is 6. The van der Waals surface area contributed by atoms with Crippen LogP contribution in [-0.2, 0) is 19.1 Å². The number of nitrogens with one attached hydrogen (secondary N) is 1. The number of amides is 2. The van der Waals surface area contributed by atoms with Crippen molar-refractivity contribution < 1.29 is 23.9 Å². The van der Waals surface area contributed by atoms with E-state index >= 15 is 0 Å². The molecule has 2 atom stereocenters. The molecule has 2 aromatic carbocycles. The number of hydrogen-bond donors (Lipinski definition) is 1. The lowest BCUT2D eigenvalue weighted by atomic mass is 10.1. The van der Waals surface area contributed by atoms with Gasteiger partial charge in [0.05, 0.1) is 18.2 Å².